The predicted octanol–water partition coefficient (Wildman–Crippen LogP) is 1.24. The molecule has 6 nitrogen and oxygen atoms in total. The van der Waals surface area contributed by atoms with Crippen molar-refractivity contribution in [2.24, 2.45) is 0 Å². The molecule has 1 saturated heterocycles. The third-order valence-electron chi connectivity index (χ3n) is 3.63. The lowest BCUT2D eigenvalue weighted by Crippen LogP contribution is -2.50. The first-order valence-corrected chi connectivity index (χ1v) is 7.39. The second kappa shape index (κ2) is 7.02. The van der Waals surface area contributed by atoms with E-state index in [4.69, 9.17) is 4.74 Å². The highest BCUT2D eigenvalue weighted by Crippen LogP contribution is 2.17. The van der Waals surface area contributed by atoms with Crippen LogP contribution in [0, 0.1) is 0 Å². The van der Waals surface area contributed by atoms with Gasteiger partial charge in [-0.3, -0.25) is 14.6 Å². The topological polar surface area (TPSA) is 71.5 Å². The Labute approximate surface area is 134 Å². The number of nitrogens with one attached hydrogen (secondary N) is 1. The highest BCUT2D eigenvalue weighted by molar-refractivity contribution is 5.95. The Kier molecular flexibility index (Phi) is 4.63. The summed E-state index contributed by atoms with van der Waals surface area (Å²) in [5.41, 5.74) is 1.39. The molecule has 2 amide bonds. The van der Waals surface area contributed by atoms with Crippen LogP contribution in [0.2, 0.25) is 0 Å². The van der Waals surface area contributed by atoms with E-state index in [1.807, 2.05) is 30.3 Å². The number of anilines is 1. The Morgan fingerprint density at radius 1 is 1.22 bits per heavy atom. The maximum Gasteiger partial charge on any atom is 0.253 e. The van der Waals surface area contributed by atoms with Crippen LogP contribution in [0.1, 0.15) is 10.4 Å². The number of pyridine rings is 1. The Morgan fingerprint density at radius 3 is 2.70 bits per heavy atom. The van der Waals surface area contributed by atoms with Crippen molar-refractivity contribution in [3.8, 4) is 0 Å². The number of rotatable bonds is 4. The molecule has 1 aliphatic rings. The summed E-state index contributed by atoms with van der Waals surface area (Å²) in [5.74, 6) is -0.257. The van der Waals surface area contributed by atoms with Crippen LogP contribution < -0.4 is 10.2 Å². The summed E-state index contributed by atoms with van der Waals surface area (Å²) in [4.78, 5) is 29.6. The number of para-hydroxylation sites is 1. The van der Waals surface area contributed by atoms with Gasteiger partial charge in [0.25, 0.3) is 11.8 Å². The van der Waals surface area contributed by atoms with E-state index in [9.17, 15) is 9.59 Å². The van der Waals surface area contributed by atoms with E-state index in [0.29, 0.717) is 18.7 Å². The maximum atomic E-state index is 12.0. The van der Waals surface area contributed by atoms with Crippen molar-refractivity contribution in [2.45, 2.75) is 6.10 Å². The highest BCUT2D eigenvalue weighted by Gasteiger charge is 2.27. The van der Waals surface area contributed by atoms with Crippen LogP contribution in [0.5, 0.6) is 0 Å². The van der Waals surface area contributed by atoms with Crippen molar-refractivity contribution in [1.29, 1.82) is 0 Å². The monoisotopic (exact) mass is 311 g/mol. The summed E-state index contributed by atoms with van der Waals surface area (Å²) in [6.45, 7) is 0.780. The van der Waals surface area contributed by atoms with Gasteiger partial charge in [0, 0.05) is 30.2 Å². The molecule has 0 spiro atoms. The minimum Gasteiger partial charge on any atom is -0.365 e. The smallest absolute Gasteiger partial charge is 0.253 e. The van der Waals surface area contributed by atoms with E-state index >= 15 is 0 Å². The quantitative estimate of drug-likeness (QED) is 0.922. The fourth-order valence-electron chi connectivity index (χ4n) is 2.42. The van der Waals surface area contributed by atoms with E-state index in [1.165, 1.54) is 0 Å². The SMILES string of the molecule is O=C(NCC1CN(c2ccccc2)C(=O)CO1)c1ccncc1. The average Bonchev–Trinajstić information content (AvgIpc) is 2.62. The average molecular weight is 311 g/mol. The molecule has 1 N–H and O–H groups in total. The number of hydrogen-bond donors (Lipinski definition) is 1. The van der Waals surface area contributed by atoms with Gasteiger partial charge < -0.3 is 15.0 Å². The molecule has 23 heavy (non-hydrogen) atoms. The van der Waals surface area contributed by atoms with E-state index in [-0.39, 0.29) is 24.5 Å². The zero-order valence-corrected chi connectivity index (χ0v) is 12.5. The lowest BCUT2D eigenvalue weighted by molar-refractivity contribution is -0.129. The number of aromatic nitrogens is 1. The lowest BCUT2D eigenvalue weighted by atomic mass is 10.2. The van der Waals surface area contributed by atoms with Crippen molar-refractivity contribution in [1.82, 2.24) is 10.3 Å². The molecule has 6 heteroatoms. The highest BCUT2D eigenvalue weighted by atomic mass is 16.5. The summed E-state index contributed by atoms with van der Waals surface area (Å²) >= 11 is 0. The van der Waals surface area contributed by atoms with Gasteiger partial charge in [0.1, 0.15) is 6.61 Å². The van der Waals surface area contributed by atoms with Crippen molar-refractivity contribution in [3.63, 3.8) is 0 Å². The molecular formula is C17H17N3O3. The molecule has 1 aliphatic heterocycles. The van der Waals surface area contributed by atoms with Gasteiger partial charge in [0.15, 0.2) is 0 Å². The molecule has 0 bridgehead atoms. The van der Waals surface area contributed by atoms with E-state index < -0.39 is 0 Å². The number of morpholine rings is 1. The number of benzene rings is 1. The van der Waals surface area contributed by atoms with Crippen molar-refractivity contribution >= 4 is 17.5 Å². The van der Waals surface area contributed by atoms with Crippen LogP contribution >= 0.6 is 0 Å². The Bertz CT molecular complexity index is 676. The molecule has 1 unspecified atom stereocenters. The lowest BCUT2D eigenvalue weighted by Gasteiger charge is -2.32. The summed E-state index contributed by atoms with van der Waals surface area (Å²) in [5, 5.41) is 2.83. The summed E-state index contributed by atoms with van der Waals surface area (Å²) in [6, 6.07) is 12.7. The van der Waals surface area contributed by atoms with Gasteiger partial charge in [-0.05, 0) is 24.3 Å². The minimum absolute atomic E-state index is 0.0185. The largest absolute Gasteiger partial charge is 0.365 e. The summed E-state index contributed by atoms with van der Waals surface area (Å²) in [6.07, 6.45) is 2.91. The Morgan fingerprint density at radius 2 is 1.96 bits per heavy atom. The first-order valence-electron chi connectivity index (χ1n) is 7.39. The standard InChI is InChI=1S/C17H17N3O3/c21-16-12-23-15(11-20(16)14-4-2-1-3-5-14)10-19-17(22)13-6-8-18-9-7-13/h1-9,15H,10-12H2,(H,19,22). The third kappa shape index (κ3) is 3.73. The Balaban J connectivity index is 1.59. The Hall–Kier alpha value is -2.73. The van der Waals surface area contributed by atoms with Gasteiger partial charge in [-0.15, -0.1) is 0 Å². The number of ether oxygens (including phenoxy) is 1. The van der Waals surface area contributed by atoms with Crippen molar-refractivity contribution in [3.05, 3.63) is 60.4 Å². The maximum absolute atomic E-state index is 12.0. The van der Waals surface area contributed by atoms with E-state index in [2.05, 4.69) is 10.3 Å². The van der Waals surface area contributed by atoms with Gasteiger partial charge in [0.05, 0.1) is 12.6 Å². The second-order valence-corrected chi connectivity index (χ2v) is 5.22. The first-order chi connectivity index (χ1) is 11.2. The molecular weight excluding hydrogens is 294 g/mol. The molecule has 2 aromatic rings. The number of carbonyl (C=O) groups excluding carboxylic acids is 2. The molecule has 2 heterocycles. The van der Waals surface area contributed by atoms with Crippen LogP contribution in [0.3, 0.4) is 0 Å². The van der Waals surface area contributed by atoms with Crippen LogP contribution in [0.4, 0.5) is 5.69 Å². The zero-order chi connectivity index (χ0) is 16.1. The van der Waals surface area contributed by atoms with Gasteiger partial charge >= 0.3 is 0 Å². The summed E-state index contributed by atoms with van der Waals surface area (Å²) < 4.78 is 5.51. The van der Waals surface area contributed by atoms with Gasteiger partial charge in [-0.25, -0.2) is 0 Å². The van der Waals surface area contributed by atoms with E-state index in [0.717, 1.165) is 5.69 Å². The summed E-state index contributed by atoms with van der Waals surface area (Å²) in [7, 11) is 0. The van der Waals surface area contributed by atoms with Crippen LogP contribution in [0.15, 0.2) is 54.9 Å². The zero-order valence-electron chi connectivity index (χ0n) is 12.5. The van der Waals surface area contributed by atoms with Crippen LogP contribution in [-0.2, 0) is 9.53 Å². The molecule has 0 saturated carbocycles. The number of carbonyl (C=O) groups is 2. The molecule has 0 radical (unpaired) electrons. The third-order valence-corrected chi connectivity index (χ3v) is 3.63. The molecule has 0 aliphatic carbocycles. The molecule has 1 atom stereocenters. The number of nitrogens with zero attached hydrogens (tertiary/aromatic N) is 2. The van der Waals surface area contributed by atoms with Gasteiger partial charge in [0.2, 0.25) is 0 Å². The predicted molar refractivity (Wildman–Crippen MR) is 85.1 cm³/mol. The normalized spacial score (nSPS) is 17.8. The second-order valence-electron chi connectivity index (χ2n) is 5.22. The van der Waals surface area contributed by atoms with Crippen molar-refractivity contribution in [2.75, 3.05) is 24.6 Å². The fraction of sp³-hybridized carbons (Fsp3) is 0.235. The van der Waals surface area contributed by atoms with Crippen molar-refractivity contribution < 1.29 is 14.3 Å². The molecule has 1 aromatic heterocycles. The minimum atomic E-state index is -0.237. The number of hydrogen-bond acceptors (Lipinski definition) is 4. The molecule has 1 aromatic carbocycles. The van der Waals surface area contributed by atoms with Gasteiger partial charge in [-0.1, -0.05) is 18.2 Å². The number of amides is 2. The van der Waals surface area contributed by atoms with Crippen LogP contribution in [-0.4, -0.2) is 42.6 Å². The van der Waals surface area contributed by atoms with Crippen LogP contribution in [0.25, 0.3) is 0 Å². The molecule has 1 fully saturated rings. The fourth-order valence-corrected chi connectivity index (χ4v) is 2.42. The van der Waals surface area contributed by atoms with Gasteiger partial charge in [-0.2, -0.15) is 0 Å². The van der Waals surface area contributed by atoms with E-state index in [1.54, 1.807) is 29.4 Å². The first kappa shape index (κ1) is 15.2. The molecule has 118 valence electrons. The molecule has 3 rings (SSSR count).